The number of nitrogens with zero attached hydrogens (tertiary/aromatic N) is 1. The molecular formula is C24H33F2NO2. The first-order valence-corrected chi connectivity index (χ1v) is 11.2. The fraction of sp³-hybridized carbons (Fsp3) is 0.708. The lowest BCUT2D eigenvalue weighted by atomic mass is 9.77. The van der Waals surface area contributed by atoms with Crippen molar-refractivity contribution in [3.8, 4) is 6.07 Å². The molecule has 0 radical (unpaired) electrons. The quantitative estimate of drug-likeness (QED) is 0.454. The Morgan fingerprint density at radius 1 is 0.897 bits per heavy atom. The molecule has 0 atom stereocenters. The van der Waals surface area contributed by atoms with Crippen LogP contribution in [-0.2, 0) is 9.47 Å². The number of ether oxygens (including phenoxy) is 2. The molecule has 0 amide bonds. The molecule has 0 N–H and O–H groups in total. The maximum absolute atomic E-state index is 13.8. The van der Waals surface area contributed by atoms with Crippen LogP contribution in [0.1, 0.15) is 88.5 Å². The van der Waals surface area contributed by atoms with Crippen LogP contribution < -0.4 is 0 Å². The number of unbranched alkanes of at least 4 members (excludes halogenated alkanes) is 2. The van der Waals surface area contributed by atoms with Gasteiger partial charge in [0.2, 0.25) is 0 Å². The summed E-state index contributed by atoms with van der Waals surface area (Å²) in [5, 5.41) is 8.77. The maximum atomic E-state index is 13.8. The van der Waals surface area contributed by atoms with Gasteiger partial charge in [0.05, 0.1) is 13.2 Å². The predicted octanol–water partition coefficient (Wildman–Crippen LogP) is 6.66. The topological polar surface area (TPSA) is 42.2 Å². The fourth-order valence-corrected chi connectivity index (χ4v) is 4.70. The molecule has 0 bridgehead atoms. The maximum Gasteiger partial charge on any atom is 0.184 e. The van der Waals surface area contributed by atoms with Gasteiger partial charge in [0, 0.05) is 11.5 Å². The third-order valence-electron chi connectivity index (χ3n) is 6.58. The molecule has 160 valence electrons. The van der Waals surface area contributed by atoms with E-state index in [1.165, 1.54) is 63.9 Å². The molecule has 0 unspecified atom stereocenters. The molecule has 1 aromatic rings. The van der Waals surface area contributed by atoms with E-state index in [4.69, 9.17) is 14.7 Å². The van der Waals surface area contributed by atoms with E-state index in [0.29, 0.717) is 24.7 Å². The van der Waals surface area contributed by atoms with Crippen molar-refractivity contribution in [3.63, 3.8) is 0 Å². The van der Waals surface area contributed by atoms with Gasteiger partial charge >= 0.3 is 0 Å². The van der Waals surface area contributed by atoms with Gasteiger partial charge in [-0.1, -0.05) is 64.7 Å². The van der Waals surface area contributed by atoms with E-state index in [9.17, 15) is 8.78 Å². The zero-order chi connectivity index (χ0) is 20.6. The van der Waals surface area contributed by atoms with E-state index in [1.807, 2.05) is 0 Å². The second-order valence-corrected chi connectivity index (χ2v) is 8.80. The second-order valence-electron chi connectivity index (χ2n) is 8.80. The fourth-order valence-electron chi connectivity index (χ4n) is 4.70. The molecule has 29 heavy (non-hydrogen) atoms. The first-order chi connectivity index (χ1) is 14.1. The van der Waals surface area contributed by atoms with Crippen LogP contribution in [0.3, 0.4) is 0 Å². The number of benzene rings is 1. The SMILES string of the molecule is CCCCC[C@H]1CC[C@H](CC[C@H]2CO[C@H](c3cc(F)c(C#N)c(F)c3)OC2)CC1. The summed E-state index contributed by atoms with van der Waals surface area (Å²) >= 11 is 0. The van der Waals surface area contributed by atoms with E-state index < -0.39 is 23.5 Å². The first-order valence-electron chi connectivity index (χ1n) is 11.2. The van der Waals surface area contributed by atoms with Crippen LogP contribution in [0.4, 0.5) is 8.78 Å². The van der Waals surface area contributed by atoms with Crippen molar-refractivity contribution in [2.24, 2.45) is 17.8 Å². The summed E-state index contributed by atoms with van der Waals surface area (Å²) in [7, 11) is 0. The Hall–Kier alpha value is -1.51. The van der Waals surface area contributed by atoms with Crippen molar-refractivity contribution in [1.82, 2.24) is 0 Å². The van der Waals surface area contributed by atoms with Crippen LogP contribution in [0.5, 0.6) is 0 Å². The summed E-state index contributed by atoms with van der Waals surface area (Å²) in [6.45, 7) is 3.35. The lowest BCUT2D eigenvalue weighted by Crippen LogP contribution is -2.28. The Morgan fingerprint density at radius 2 is 1.45 bits per heavy atom. The van der Waals surface area contributed by atoms with E-state index in [2.05, 4.69) is 6.92 Å². The van der Waals surface area contributed by atoms with Crippen LogP contribution in [-0.4, -0.2) is 13.2 Å². The standard InChI is InChI=1S/C24H33F2NO2/c1-2-3-4-5-17-6-8-18(9-7-17)10-11-19-15-28-24(29-16-19)20-12-22(25)21(14-27)23(26)13-20/h12-13,17-19,24H,2-11,15-16H2,1H3/t17-,18-,19-,24-. The minimum Gasteiger partial charge on any atom is -0.348 e. The summed E-state index contributed by atoms with van der Waals surface area (Å²) < 4.78 is 39.1. The molecule has 0 aromatic heterocycles. The highest BCUT2D eigenvalue weighted by atomic mass is 19.1. The van der Waals surface area contributed by atoms with Crippen molar-refractivity contribution >= 4 is 0 Å². The highest BCUT2D eigenvalue weighted by Crippen LogP contribution is 2.36. The van der Waals surface area contributed by atoms with Gasteiger partial charge in [0.15, 0.2) is 6.29 Å². The number of hydrogen-bond donors (Lipinski definition) is 0. The molecule has 1 aromatic carbocycles. The van der Waals surface area contributed by atoms with Crippen LogP contribution in [0.2, 0.25) is 0 Å². The molecule has 1 saturated heterocycles. The van der Waals surface area contributed by atoms with E-state index in [1.54, 1.807) is 0 Å². The highest BCUT2D eigenvalue weighted by Gasteiger charge is 2.27. The van der Waals surface area contributed by atoms with Gasteiger partial charge in [0.25, 0.3) is 0 Å². The van der Waals surface area contributed by atoms with Crippen LogP contribution in [0.15, 0.2) is 12.1 Å². The number of halogens is 2. The van der Waals surface area contributed by atoms with Gasteiger partial charge in [-0.05, 0) is 30.4 Å². The van der Waals surface area contributed by atoms with Gasteiger partial charge in [-0.15, -0.1) is 0 Å². The van der Waals surface area contributed by atoms with E-state index in [-0.39, 0.29) is 0 Å². The number of hydrogen-bond acceptors (Lipinski definition) is 3. The monoisotopic (exact) mass is 405 g/mol. The van der Waals surface area contributed by atoms with Crippen molar-refractivity contribution in [1.29, 1.82) is 5.26 Å². The average Bonchev–Trinajstić information content (AvgIpc) is 2.73. The molecule has 1 aliphatic carbocycles. The third-order valence-corrected chi connectivity index (χ3v) is 6.58. The van der Waals surface area contributed by atoms with Crippen molar-refractivity contribution in [2.45, 2.75) is 77.4 Å². The zero-order valence-electron chi connectivity index (χ0n) is 17.5. The van der Waals surface area contributed by atoms with Crippen molar-refractivity contribution < 1.29 is 18.3 Å². The summed E-state index contributed by atoms with van der Waals surface area (Å²) in [5.74, 6) is 0.343. The minimum absolute atomic E-state index is 0.291. The second kappa shape index (κ2) is 11.0. The van der Waals surface area contributed by atoms with Crippen LogP contribution >= 0.6 is 0 Å². The molecule has 2 aliphatic rings. The minimum atomic E-state index is -0.873. The van der Waals surface area contributed by atoms with Gasteiger partial charge in [-0.3, -0.25) is 0 Å². The smallest absolute Gasteiger partial charge is 0.184 e. The Balaban J connectivity index is 1.37. The third kappa shape index (κ3) is 6.23. The lowest BCUT2D eigenvalue weighted by Gasteiger charge is -2.32. The summed E-state index contributed by atoms with van der Waals surface area (Å²) in [5.41, 5.74) is -0.277. The van der Waals surface area contributed by atoms with Gasteiger partial charge in [-0.25, -0.2) is 8.78 Å². The summed E-state index contributed by atoms with van der Waals surface area (Å²) in [4.78, 5) is 0. The van der Waals surface area contributed by atoms with Gasteiger partial charge in [0.1, 0.15) is 23.3 Å². The molecule has 1 aliphatic heterocycles. The summed E-state index contributed by atoms with van der Waals surface area (Å²) in [6, 6.07) is 3.79. The Labute approximate surface area is 173 Å². The lowest BCUT2D eigenvalue weighted by molar-refractivity contribution is -0.206. The molecule has 5 heteroatoms. The Morgan fingerprint density at radius 3 is 2.00 bits per heavy atom. The zero-order valence-corrected chi connectivity index (χ0v) is 17.5. The first kappa shape index (κ1) is 22.2. The van der Waals surface area contributed by atoms with E-state index in [0.717, 1.165) is 30.4 Å². The molecule has 1 heterocycles. The van der Waals surface area contributed by atoms with E-state index >= 15 is 0 Å². The average molecular weight is 406 g/mol. The molecule has 3 rings (SSSR count). The Bertz CT molecular complexity index is 664. The predicted molar refractivity (Wildman–Crippen MR) is 108 cm³/mol. The number of rotatable bonds is 8. The van der Waals surface area contributed by atoms with Crippen LogP contribution in [0, 0.1) is 40.7 Å². The molecule has 1 saturated carbocycles. The molecule has 2 fully saturated rings. The molecule has 0 spiro atoms. The van der Waals surface area contributed by atoms with Crippen molar-refractivity contribution in [2.75, 3.05) is 13.2 Å². The van der Waals surface area contributed by atoms with Crippen LogP contribution in [0.25, 0.3) is 0 Å². The van der Waals surface area contributed by atoms with Gasteiger partial charge < -0.3 is 9.47 Å². The molecular weight excluding hydrogens is 372 g/mol. The normalized spacial score (nSPS) is 27.5. The largest absolute Gasteiger partial charge is 0.348 e. The van der Waals surface area contributed by atoms with Gasteiger partial charge in [-0.2, -0.15) is 5.26 Å². The Kier molecular flexibility index (Phi) is 8.44. The van der Waals surface area contributed by atoms with Crippen molar-refractivity contribution in [3.05, 3.63) is 34.9 Å². The summed E-state index contributed by atoms with van der Waals surface area (Å²) in [6.07, 6.45) is 12.4. The number of nitriles is 1. The molecule has 3 nitrogen and oxygen atoms in total. The highest BCUT2D eigenvalue weighted by molar-refractivity contribution is 5.35.